The van der Waals surface area contributed by atoms with Gasteiger partial charge in [-0.25, -0.2) is 15.0 Å². The predicted octanol–water partition coefficient (Wildman–Crippen LogP) is 15.8. The molecule has 2 spiro atoms. The second-order valence-corrected chi connectivity index (χ2v) is 24.7. The Kier molecular flexibility index (Phi) is 9.44. The van der Waals surface area contributed by atoms with Gasteiger partial charge in [-0.1, -0.05) is 182 Å². The molecule has 0 saturated heterocycles. The summed E-state index contributed by atoms with van der Waals surface area (Å²) in [6.07, 6.45) is 15.1. The summed E-state index contributed by atoms with van der Waals surface area (Å²) in [5.74, 6) is 8.52. The highest BCUT2D eigenvalue weighted by Gasteiger charge is 2.62. The van der Waals surface area contributed by atoms with Crippen molar-refractivity contribution in [2.45, 2.75) is 106 Å². The van der Waals surface area contributed by atoms with Crippen LogP contribution in [0.4, 0.5) is 0 Å². The van der Waals surface area contributed by atoms with Crippen LogP contribution in [0.5, 0.6) is 0 Å². The SMILES string of the molecule is CC(c1ccccc1)(c1ccccc1)c1cccc(-c2nc(C3c4ccccc4C4(CC5CCC6CC5CC4C6)c4ccccc43)nc(C3c4ccccc4C4(c5ccccc53)C3CC5CC(C3)CC4C5)n2)c1. The zero-order valence-corrected chi connectivity index (χ0v) is 42.2. The standard InChI is InChI=1S/C70H65N3/c1-68(49-18-4-2-5-19-49,50-20-6-3-7-21-50)51-22-16-17-46(40-51)65-71-66(63-55-23-8-12-27-59(55)69(60-28-13-9-24-56(60)63)42-47-32-31-43-34-48(47)41-52(69)35-43)73-67(72-65)64-57-25-10-14-29-61(57)70(62-30-15-11-26-58(62)64)53-36-44-33-45(38-53)39-54(70)37-44/h2-30,40,43-45,47-48,52-54,63-64H,31-39,41-42H2,1H3. The normalized spacial score (nSPS) is 31.7. The Morgan fingerprint density at radius 1 is 0.397 bits per heavy atom. The van der Waals surface area contributed by atoms with Crippen LogP contribution in [0.15, 0.2) is 182 Å². The van der Waals surface area contributed by atoms with Crippen molar-refractivity contribution in [3.8, 4) is 11.4 Å². The van der Waals surface area contributed by atoms with Gasteiger partial charge < -0.3 is 0 Å². The van der Waals surface area contributed by atoms with E-state index in [0.717, 1.165) is 52.6 Å². The Bertz CT molecular complexity index is 3300. The van der Waals surface area contributed by atoms with Gasteiger partial charge in [-0.05, 0) is 186 Å². The van der Waals surface area contributed by atoms with E-state index in [-0.39, 0.29) is 22.7 Å². The summed E-state index contributed by atoms with van der Waals surface area (Å²) in [5.41, 5.74) is 16.2. The third-order valence-corrected chi connectivity index (χ3v) is 21.7. The number of aromatic nitrogens is 3. The number of hydrogen-bond donors (Lipinski definition) is 0. The van der Waals surface area contributed by atoms with Gasteiger partial charge in [-0.2, -0.15) is 0 Å². The second kappa shape index (κ2) is 16.0. The summed E-state index contributed by atoms with van der Waals surface area (Å²) < 4.78 is 0. The van der Waals surface area contributed by atoms with Crippen molar-refractivity contribution < 1.29 is 0 Å². The molecule has 9 aliphatic carbocycles. The molecular weight excluding hydrogens is 883 g/mol. The van der Waals surface area contributed by atoms with Crippen molar-refractivity contribution in [1.29, 1.82) is 0 Å². The van der Waals surface area contributed by atoms with Crippen LogP contribution >= 0.6 is 0 Å². The smallest absolute Gasteiger partial charge is 0.163 e. The largest absolute Gasteiger partial charge is 0.216 e. The van der Waals surface area contributed by atoms with Gasteiger partial charge in [0.1, 0.15) is 11.6 Å². The van der Waals surface area contributed by atoms with Crippen molar-refractivity contribution in [3.05, 3.63) is 255 Å². The van der Waals surface area contributed by atoms with Crippen LogP contribution in [0.1, 0.15) is 162 Å². The first-order valence-electron chi connectivity index (χ1n) is 28.3. The summed E-state index contributed by atoms with van der Waals surface area (Å²) >= 11 is 0. The molecule has 3 nitrogen and oxygen atoms in total. The molecule has 7 bridgehead atoms. The van der Waals surface area contributed by atoms with Gasteiger partial charge >= 0.3 is 0 Å². The first-order valence-corrected chi connectivity index (χ1v) is 28.3. The highest BCUT2D eigenvalue weighted by atomic mass is 15.0. The highest BCUT2D eigenvalue weighted by Crippen LogP contribution is 2.69. The lowest BCUT2D eigenvalue weighted by Crippen LogP contribution is -2.57. The van der Waals surface area contributed by atoms with E-state index in [0.29, 0.717) is 17.8 Å². The number of benzene rings is 7. The van der Waals surface area contributed by atoms with Crippen LogP contribution in [0.3, 0.4) is 0 Å². The maximum atomic E-state index is 6.00. The molecule has 9 aliphatic rings. The fourth-order valence-corrected chi connectivity index (χ4v) is 19.1. The van der Waals surface area contributed by atoms with Crippen molar-refractivity contribution in [2.75, 3.05) is 0 Å². The molecule has 8 aromatic rings. The molecule has 7 aromatic carbocycles. The van der Waals surface area contributed by atoms with E-state index in [4.69, 9.17) is 15.0 Å². The summed E-state index contributed by atoms with van der Waals surface area (Å²) in [7, 11) is 0. The van der Waals surface area contributed by atoms with Gasteiger partial charge in [0.05, 0.1) is 11.8 Å². The summed E-state index contributed by atoms with van der Waals surface area (Å²) in [6, 6.07) is 69.7. The molecule has 360 valence electrons. The Balaban J connectivity index is 0.930. The van der Waals surface area contributed by atoms with Crippen LogP contribution < -0.4 is 0 Å². The van der Waals surface area contributed by atoms with E-state index in [9.17, 15) is 0 Å². The molecule has 1 aromatic heterocycles. The zero-order valence-electron chi connectivity index (χ0n) is 42.2. The van der Waals surface area contributed by atoms with Crippen molar-refractivity contribution in [3.63, 3.8) is 0 Å². The summed E-state index contributed by atoms with van der Waals surface area (Å²) in [4.78, 5) is 17.7. The van der Waals surface area contributed by atoms with Crippen LogP contribution in [0, 0.1) is 47.3 Å². The van der Waals surface area contributed by atoms with Gasteiger partial charge in [-0.15, -0.1) is 0 Å². The zero-order chi connectivity index (χ0) is 48.0. The monoisotopic (exact) mass is 948 g/mol. The molecule has 7 saturated carbocycles. The van der Waals surface area contributed by atoms with E-state index < -0.39 is 5.41 Å². The molecule has 1 heterocycles. The van der Waals surface area contributed by atoms with Gasteiger partial charge in [0.2, 0.25) is 0 Å². The Morgan fingerprint density at radius 3 is 1.44 bits per heavy atom. The number of rotatable bonds is 6. The number of nitrogens with zero attached hydrogens (tertiary/aromatic N) is 3. The van der Waals surface area contributed by atoms with Gasteiger partial charge in [-0.3, -0.25) is 0 Å². The highest BCUT2D eigenvalue weighted by molar-refractivity contribution is 5.66. The molecule has 3 heteroatoms. The number of fused-ring (bicyclic) bond motifs is 9. The minimum absolute atomic E-state index is 0.00449. The van der Waals surface area contributed by atoms with Crippen molar-refractivity contribution in [2.24, 2.45) is 47.3 Å². The molecule has 7 fully saturated rings. The molecular formula is C70H65N3. The topological polar surface area (TPSA) is 38.7 Å². The lowest BCUT2D eigenvalue weighted by atomic mass is 9.40. The Hall–Kier alpha value is -6.45. The van der Waals surface area contributed by atoms with Crippen LogP contribution in [0.25, 0.3) is 11.4 Å². The van der Waals surface area contributed by atoms with E-state index in [1.54, 1.807) is 22.3 Å². The fraction of sp³-hybridized carbons (Fsp3) is 0.357. The summed E-state index contributed by atoms with van der Waals surface area (Å²) in [5, 5.41) is 0. The van der Waals surface area contributed by atoms with Crippen molar-refractivity contribution >= 4 is 0 Å². The third kappa shape index (κ3) is 6.03. The van der Waals surface area contributed by atoms with E-state index >= 15 is 0 Å². The van der Waals surface area contributed by atoms with Crippen LogP contribution in [-0.4, -0.2) is 15.0 Å². The molecule has 0 N–H and O–H groups in total. The number of hydrogen-bond acceptors (Lipinski definition) is 3. The fourth-order valence-electron chi connectivity index (χ4n) is 19.1. The lowest BCUT2D eigenvalue weighted by molar-refractivity contribution is -0.0436. The first-order chi connectivity index (χ1) is 36.0. The van der Waals surface area contributed by atoms with Gasteiger partial charge in [0, 0.05) is 21.8 Å². The average Bonchev–Trinajstić information content (AvgIpc) is 3.44. The minimum Gasteiger partial charge on any atom is -0.216 e. The molecule has 0 aliphatic heterocycles. The molecule has 17 rings (SSSR count). The minimum atomic E-state index is -0.418. The molecule has 0 amide bonds. The first kappa shape index (κ1) is 43.0. The Labute approximate surface area is 432 Å². The maximum absolute atomic E-state index is 6.00. The van der Waals surface area contributed by atoms with Crippen molar-refractivity contribution in [1.82, 2.24) is 15.0 Å². The second-order valence-electron chi connectivity index (χ2n) is 24.7. The molecule has 0 radical (unpaired) electrons. The van der Waals surface area contributed by atoms with Crippen LogP contribution in [-0.2, 0) is 16.2 Å². The maximum Gasteiger partial charge on any atom is 0.163 e. The van der Waals surface area contributed by atoms with E-state index in [2.05, 4.69) is 189 Å². The predicted molar refractivity (Wildman–Crippen MR) is 292 cm³/mol. The third-order valence-electron chi connectivity index (χ3n) is 21.7. The van der Waals surface area contributed by atoms with E-state index in [1.807, 2.05) is 0 Å². The average molecular weight is 948 g/mol. The molecule has 4 atom stereocenters. The molecule has 4 unspecified atom stereocenters. The quantitative estimate of drug-likeness (QED) is 0.156. The van der Waals surface area contributed by atoms with E-state index in [1.165, 1.54) is 110 Å². The lowest BCUT2D eigenvalue weighted by Gasteiger charge is -2.64. The molecule has 73 heavy (non-hydrogen) atoms. The summed E-state index contributed by atoms with van der Waals surface area (Å²) in [6.45, 7) is 2.38. The van der Waals surface area contributed by atoms with Gasteiger partial charge in [0.25, 0.3) is 0 Å². The van der Waals surface area contributed by atoms with Crippen LogP contribution in [0.2, 0.25) is 0 Å². The Morgan fingerprint density at radius 2 is 0.877 bits per heavy atom. The van der Waals surface area contributed by atoms with Gasteiger partial charge in [0.15, 0.2) is 5.82 Å².